The van der Waals surface area contributed by atoms with Gasteiger partial charge in [0.25, 0.3) is 11.8 Å². The lowest BCUT2D eigenvalue weighted by atomic mass is 10.1. The molecule has 0 bridgehead atoms. The smallest absolute Gasteiger partial charge is 0.416 e. The van der Waals surface area contributed by atoms with Crippen LogP contribution in [0.1, 0.15) is 21.5 Å². The van der Waals surface area contributed by atoms with Gasteiger partial charge in [0.1, 0.15) is 18.9 Å². The average molecular weight is 634 g/mol. The lowest BCUT2D eigenvalue weighted by Crippen LogP contribution is -2.30. The van der Waals surface area contributed by atoms with E-state index in [4.69, 9.17) is 9.47 Å². The van der Waals surface area contributed by atoms with Crippen molar-refractivity contribution in [1.29, 1.82) is 0 Å². The fourth-order valence-electron chi connectivity index (χ4n) is 4.28. The molecule has 8 nitrogen and oxygen atoms in total. The molecule has 4 aromatic rings. The number of anilines is 2. The van der Waals surface area contributed by atoms with Gasteiger partial charge in [0, 0.05) is 27.9 Å². The molecule has 3 amide bonds. The molecule has 45 heavy (non-hydrogen) atoms. The van der Waals surface area contributed by atoms with Crippen LogP contribution in [0.25, 0.3) is 6.08 Å². The monoisotopic (exact) mass is 633 g/mol. The number of halogens is 3. The highest BCUT2D eigenvalue weighted by Gasteiger charge is 2.33. The van der Waals surface area contributed by atoms with Gasteiger partial charge in [0.15, 0.2) is 11.5 Å². The lowest BCUT2D eigenvalue weighted by molar-refractivity contribution is -0.137. The molecule has 0 aromatic heterocycles. The van der Waals surface area contributed by atoms with Gasteiger partial charge in [-0.1, -0.05) is 36.4 Å². The zero-order valence-electron chi connectivity index (χ0n) is 23.5. The highest BCUT2D eigenvalue weighted by molar-refractivity contribution is 8.00. The number of rotatable bonds is 9. The van der Waals surface area contributed by atoms with E-state index in [2.05, 4.69) is 16.0 Å². The highest BCUT2D eigenvalue weighted by Crippen LogP contribution is 2.34. The van der Waals surface area contributed by atoms with Crippen LogP contribution in [0.2, 0.25) is 0 Å². The Morgan fingerprint density at radius 2 is 1.44 bits per heavy atom. The molecule has 0 radical (unpaired) electrons. The number of carbonyl (C=O) groups excluding carboxylic acids is 3. The fraction of sp³-hybridized carbons (Fsp3) is 0.121. The molecular formula is C33H26F3N3O5S. The van der Waals surface area contributed by atoms with Gasteiger partial charge in [-0.25, -0.2) is 0 Å². The summed E-state index contributed by atoms with van der Waals surface area (Å²) in [6, 6.07) is 24.4. The average Bonchev–Trinajstić information content (AvgIpc) is 3.04. The minimum Gasteiger partial charge on any atom is -0.486 e. The van der Waals surface area contributed by atoms with Crippen molar-refractivity contribution in [3.8, 4) is 11.5 Å². The van der Waals surface area contributed by atoms with Crippen LogP contribution in [0.5, 0.6) is 11.5 Å². The summed E-state index contributed by atoms with van der Waals surface area (Å²) < 4.78 is 51.9. The van der Waals surface area contributed by atoms with Gasteiger partial charge in [0.2, 0.25) is 5.91 Å². The van der Waals surface area contributed by atoms with E-state index in [9.17, 15) is 27.6 Å². The van der Waals surface area contributed by atoms with Crippen LogP contribution < -0.4 is 25.4 Å². The summed E-state index contributed by atoms with van der Waals surface area (Å²) in [4.78, 5) is 39.3. The van der Waals surface area contributed by atoms with Crippen molar-refractivity contribution in [2.24, 2.45) is 0 Å². The molecule has 0 spiro atoms. The van der Waals surface area contributed by atoms with Crippen molar-refractivity contribution in [2.45, 2.75) is 11.1 Å². The molecule has 0 aliphatic carbocycles. The van der Waals surface area contributed by atoms with Crippen molar-refractivity contribution in [2.75, 3.05) is 29.6 Å². The molecule has 3 N–H and O–H groups in total. The zero-order chi connectivity index (χ0) is 31.8. The van der Waals surface area contributed by atoms with E-state index in [-0.39, 0.29) is 28.5 Å². The molecular weight excluding hydrogens is 607 g/mol. The maximum atomic E-state index is 13.6. The minimum absolute atomic E-state index is 0.108. The van der Waals surface area contributed by atoms with Crippen LogP contribution in [0.3, 0.4) is 0 Å². The van der Waals surface area contributed by atoms with E-state index in [1.807, 2.05) is 0 Å². The normalized spacial score (nSPS) is 12.6. The number of hydrogen-bond donors (Lipinski definition) is 3. The molecule has 0 atom stereocenters. The first-order valence-electron chi connectivity index (χ1n) is 13.6. The molecule has 0 unspecified atom stereocenters. The van der Waals surface area contributed by atoms with Gasteiger partial charge < -0.3 is 25.4 Å². The summed E-state index contributed by atoms with van der Waals surface area (Å²) in [5.74, 6) is -0.438. The summed E-state index contributed by atoms with van der Waals surface area (Å²) in [5, 5.41) is 7.86. The van der Waals surface area contributed by atoms with Crippen molar-refractivity contribution in [1.82, 2.24) is 5.32 Å². The first-order chi connectivity index (χ1) is 21.7. The van der Waals surface area contributed by atoms with E-state index >= 15 is 0 Å². The molecule has 1 aliphatic rings. The Kier molecular flexibility index (Phi) is 9.73. The van der Waals surface area contributed by atoms with Crippen LogP contribution in [0, 0.1) is 0 Å². The summed E-state index contributed by atoms with van der Waals surface area (Å²) in [5.41, 5.74) is -0.499. The van der Waals surface area contributed by atoms with E-state index in [0.29, 0.717) is 36.1 Å². The number of carbonyl (C=O) groups is 3. The van der Waals surface area contributed by atoms with E-state index in [1.54, 1.807) is 60.7 Å². The van der Waals surface area contributed by atoms with E-state index in [0.717, 1.165) is 17.0 Å². The standard InChI is InChI=1S/C33H26F3N3O5S/c34-33(35,36)26-9-5-4-8-22(26)18-27(39-31(41)21-6-2-1-3-7-21)32(42)38-23-10-13-25(14-11-23)45-20-30(40)37-24-12-15-28-29(19-24)44-17-16-43-28/h1-15,18-19H,16-17,20H2,(H,37,40)(H,38,42)(H,39,41)/b27-18-. The Labute approximate surface area is 260 Å². The van der Waals surface area contributed by atoms with Crippen LogP contribution >= 0.6 is 11.8 Å². The zero-order valence-corrected chi connectivity index (χ0v) is 24.3. The predicted molar refractivity (Wildman–Crippen MR) is 165 cm³/mol. The first kappa shape index (κ1) is 31.2. The van der Waals surface area contributed by atoms with Gasteiger partial charge in [-0.15, -0.1) is 11.8 Å². The van der Waals surface area contributed by atoms with Crippen molar-refractivity contribution >= 4 is 46.9 Å². The van der Waals surface area contributed by atoms with Gasteiger partial charge in [-0.3, -0.25) is 14.4 Å². The summed E-state index contributed by atoms with van der Waals surface area (Å²) in [6.45, 7) is 0.902. The van der Waals surface area contributed by atoms with E-state index in [1.165, 1.54) is 42.1 Å². The van der Waals surface area contributed by atoms with Crippen LogP contribution in [0.15, 0.2) is 108 Å². The van der Waals surface area contributed by atoms with Gasteiger partial charge >= 0.3 is 6.18 Å². The third kappa shape index (κ3) is 8.45. The second-order valence-corrected chi connectivity index (χ2v) is 10.7. The summed E-state index contributed by atoms with van der Waals surface area (Å²) in [6.07, 6.45) is -3.68. The highest BCUT2D eigenvalue weighted by atomic mass is 32.2. The number of hydrogen-bond acceptors (Lipinski definition) is 6. The van der Waals surface area contributed by atoms with Crippen molar-refractivity contribution < 1.29 is 37.0 Å². The van der Waals surface area contributed by atoms with Crippen LogP contribution in [0.4, 0.5) is 24.5 Å². The Morgan fingerprint density at radius 3 is 2.18 bits per heavy atom. The first-order valence-corrected chi connectivity index (χ1v) is 14.6. The molecule has 0 saturated heterocycles. The van der Waals surface area contributed by atoms with Crippen molar-refractivity contribution in [3.05, 3.63) is 119 Å². The number of fused-ring (bicyclic) bond motifs is 1. The number of benzene rings is 4. The van der Waals surface area contributed by atoms with Crippen LogP contribution in [-0.4, -0.2) is 36.7 Å². The largest absolute Gasteiger partial charge is 0.486 e. The molecule has 1 aliphatic heterocycles. The van der Waals surface area contributed by atoms with Gasteiger partial charge in [0.05, 0.1) is 11.3 Å². The lowest BCUT2D eigenvalue weighted by Gasteiger charge is -2.19. The van der Waals surface area contributed by atoms with Gasteiger partial charge in [-0.05, 0) is 66.2 Å². The second kappa shape index (κ2) is 14.0. The maximum Gasteiger partial charge on any atom is 0.416 e. The van der Waals surface area contributed by atoms with Crippen LogP contribution in [-0.2, 0) is 15.8 Å². The third-order valence-corrected chi connectivity index (χ3v) is 7.41. The maximum absolute atomic E-state index is 13.6. The van der Waals surface area contributed by atoms with Gasteiger partial charge in [-0.2, -0.15) is 13.2 Å². The number of alkyl halides is 3. The Morgan fingerprint density at radius 1 is 0.778 bits per heavy atom. The summed E-state index contributed by atoms with van der Waals surface area (Å²) in [7, 11) is 0. The number of thioether (sulfide) groups is 1. The molecule has 0 saturated carbocycles. The Balaban J connectivity index is 1.25. The Bertz CT molecular complexity index is 1730. The molecule has 4 aromatic carbocycles. The molecule has 12 heteroatoms. The number of amides is 3. The second-order valence-electron chi connectivity index (χ2n) is 9.64. The minimum atomic E-state index is -4.67. The third-order valence-electron chi connectivity index (χ3n) is 6.40. The predicted octanol–water partition coefficient (Wildman–Crippen LogP) is 6.62. The SMILES string of the molecule is O=C(CSc1ccc(NC(=O)/C(=C/c2ccccc2C(F)(F)F)NC(=O)c2ccccc2)cc1)Nc1ccc2c(c1)OCCO2. The van der Waals surface area contributed by atoms with Crippen molar-refractivity contribution in [3.63, 3.8) is 0 Å². The Hall–Kier alpha value is -5.23. The van der Waals surface area contributed by atoms with E-state index < -0.39 is 23.6 Å². The number of nitrogens with one attached hydrogen (secondary N) is 3. The molecule has 5 rings (SSSR count). The summed E-state index contributed by atoms with van der Waals surface area (Å²) >= 11 is 1.27. The molecule has 1 heterocycles. The topological polar surface area (TPSA) is 106 Å². The quantitative estimate of drug-likeness (QED) is 0.141. The number of ether oxygens (including phenoxy) is 2. The molecule has 230 valence electrons. The molecule has 0 fully saturated rings. The fourth-order valence-corrected chi connectivity index (χ4v) is 4.98.